The van der Waals surface area contributed by atoms with Crippen molar-refractivity contribution in [2.24, 2.45) is 5.92 Å². The molecule has 2 heteroatoms. The first-order valence-electron chi connectivity index (χ1n) is 4.92. The molecule has 2 atom stereocenters. The van der Waals surface area contributed by atoms with Crippen LogP contribution in [0.3, 0.4) is 0 Å². The molecule has 0 aromatic carbocycles. The van der Waals surface area contributed by atoms with E-state index in [0.29, 0.717) is 6.04 Å². The highest BCUT2D eigenvalue weighted by molar-refractivity contribution is 4.70. The minimum Gasteiger partial charge on any atom is -0.385 e. The maximum atomic E-state index is 5.02. The average Bonchev–Trinajstić information content (AvgIpc) is 2.11. The molecule has 12 heavy (non-hydrogen) atoms. The van der Waals surface area contributed by atoms with Crippen molar-refractivity contribution in [3.63, 3.8) is 0 Å². The first kappa shape index (κ1) is 11.9. The van der Waals surface area contributed by atoms with Gasteiger partial charge in [0, 0.05) is 19.8 Å². The van der Waals surface area contributed by atoms with Crippen LogP contribution in [0.15, 0.2) is 0 Å². The molecule has 0 aliphatic heterocycles. The molecule has 0 aromatic rings. The fourth-order valence-electron chi connectivity index (χ4n) is 1.45. The van der Waals surface area contributed by atoms with Crippen LogP contribution in [0.25, 0.3) is 0 Å². The SMILES string of the molecule is CCC(C)C(CCCOC)NC. The Labute approximate surface area is 76.7 Å². The molecule has 0 spiro atoms. The fraction of sp³-hybridized carbons (Fsp3) is 1.00. The summed E-state index contributed by atoms with van der Waals surface area (Å²) in [6, 6.07) is 0.658. The van der Waals surface area contributed by atoms with Crippen LogP contribution in [0.2, 0.25) is 0 Å². The second kappa shape index (κ2) is 7.56. The quantitative estimate of drug-likeness (QED) is 0.595. The second-order valence-electron chi connectivity index (χ2n) is 3.42. The molecular weight excluding hydrogens is 150 g/mol. The van der Waals surface area contributed by atoms with Gasteiger partial charge in [0.1, 0.15) is 0 Å². The molecule has 0 saturated carbocycles. The monoisotopic (exact) mass is 173 g/mol. The summed E-state index contributed by atoms with van der Waals surface area (Å²) in [4.78, 5) is 0. The molecule has 0 heterocycles. The zero-order valence-electron chi connectivity index (χ0n) is 8.89. The molecule has 74 valence electrons. The lowest BCUT2D eigenvalue weighted by molar-refractivity contribution is 0.185. The van der Waals surface area contributed by atoms with Gasteiger partial charge in [-0.2, -0.15) is 0 Å². The Bertz CT molecular complexity index is 95.8. The van der Waals surface area contributed by atoms with Gasteiger partial charge in [-0.15, -0.1) is 0 Å². The fourth-order valence-corrected chi connectivity index (χ4v) is 1.45. The molecule has 0 saturated heterocycles. The van der Waals surface area contributed by atoms with Gasteiger partial charge in [-0.05, 0) is 25.8 Å². The van der Waals surface area contributed by atoms with Crippen LogP contribution in [0.1, 0.15) is 33.1 Å². The van der Waals surface area contributed by atoms with Crippen molar-refractivity contribution in [2.45, 2.75) is 39.2 Å². The Morgan fingerprint density at radius 1 is 1.42 bits per heavy atom. The average molecular weight is 173 g/mol. The van der Waals surface area contributed by atoms with E-state index in [1.54, 1.807) is 7.11 Å². The van der Waals surface area contributed by atoms with Crippen LogP contribution in [-0.4, -0.2) is 26.8 Å². The van der Waals surface area contributed by atoms with Crippen molar-refractivity contribution in [1.29, 1.82) is 0 Å². The maximum Gasteiger partial charge on any atom is 0.0462 e. The van der Waals surface area contributed by atoms with E-state index in [0.717, 1.165) is 18.9 Å². The summed E-state index contributed by atoms with van der Waals surface area (Å²) in [6.07, 6.45) is 3.63. The maximum absolute atomic E-state index is 5.02. The van der Waals surface area contributed by atoms with Gasteiger partial charge in [0.15, 0.2) is 0 Å². The highest BCUT2D eigenvalue weighted by Crippen LogP contribution is 2.12. The van der Waals surface area contributed by atoms with Gasteiger partial charge in [0.25, 0.3) is 0 Å². The van der Waals surface area contributed by atoms with Gasteiger partial charge >= 0.3 is 0 Å². The van der Waals surface area contributed by atoms with E-state index in [1.807, 2.05) is 7.05 Å². The summed E-state index contributed by atoms with van der Waals surface area (Å²) < 4.78 is 5.02. The minimum atomic E-state index is 0.658. The molecule has 0 aliphatic rings. The van der Waals surface area contributed by atoms with Crippen molar-refractivity contribution < 1.29 is 4.74 Å². The summed E-state index contributed by atoms with van der Waals surface area (Å²) in [5.74, 6) is 0.770. The lowest BCUT2D eigenvalue weighted by Gasteiger charge is -2.22. The van der Waals surface area contributed by atoms with Crippen molar-refractivity contribution >= 4 is 0 Å². The van der Waals surface area contributed by atoms with Crippen LogP contribution in [0.4, 0.5) is 0 Å². The van der Waals surface area contributed by atoms with Crippen LogP contribution in [0.5, 0.6) is 0 Å². The number of methoxy groups -OCH3 is 1. The molecule has 0 aliphatic carbocycles. The molecule has 0 fully saturated rings. The predicted octanol–water partition coefficient (Wildman–Crippen LogP) is 2.05. The lowest BCUT2D eigenvalue weighted by Crippen LogP contribution is -2.31. The Hall–Kier alpha value is -0.0800. The standard InChI is InChI=1S/C10H23NO/c1-5-9(2)10(11-3)7-6-8-12-4/h9-11H,5-8H2,1-4H3. The molecule has 0 amide bonds. The van der Waals surface area contributed by atoms with Gasteiger partial charge in [0.05, 0.1) is 0 Å². The van der Waals surface area contributed by atoms with Crippen LogP contribution in [0, 0.1) is 5.92 Å². The smallest absolute Gasteiger partial charge is 0.0462 e. The van der Waals surface area contributed by atoms with Gasteiger partial charge < -0.3 is 10.1 Å². The van der Waals surface area contributed by atoms with Gasteiger partial charge in [0.2, 0.25) is 0 Å². The third-order valence-corrected chi connectivity index (χ3v) is 2.57. The van der Waals surface area contributed by atoms with Crippen molar-refractivity contribution in [3.8, 4) is 0 Å². The summed E-state index contributed by atoms with van der Waals surface area (Å²) >= 11 is 0. The molecule has 0 aromatic heterocycles. The van der Waals surface area contributed by atoms with Crippen LogP contribution < -0.4 is 5.32 Å². The number of hydrogen-bond acceptors (Lipinski definition) is 2. The van der Waals surface area contributed by atoms with E-state index in [1.165, 1.54) is 12.8 Å². The van der Waals surface area contributed by atoms with E-state index < -0.39 is 0 Å². The second-order valence-corrected chi connectivity index (χ2v) is 3.42. The molecular formula is C10H23NO. The van der Waals surface area contributed by atoms with E-state index >= 15 is 0 Å². The Balaban J connectivity index is 3.52. The number of hydrogen-bond donors (Lipinski definition) is 1. The number of nitrogens with one attached hydrogen (secondary N) is 1. The van der Waals surface area contributed by atoms with Crippen LogP contribution in [-0.2, 0) is 4.74 Å². The van der Waals surface area contributed by atoms with E-state index in [4.69, 9.17) is 4.74 Å². The van der Waals surface area contributed by atoms with E-state index in [9.17, 15) is 0 Å². The van der Waals surface area contributed by atoms with Crippen molar-refractivity contribution in [2.75, 3.05) is 20.8 Å². The van der Waals surface area contributed by atoms with E-state index in [-0.39, 0.29) is 0 Å². The Morgan fingerprint density at radius 3 is 2.50 bits per heavy atom. The zero-order valence-corrected chi connectivity index (χ0v) is 8.89. The molecule has 2 nitrogen and oxygen atoms in total. The largest absolute Gasteiger partial charge is 0.385 e. The third kappa shape index (κ3) is 4.73. The summed E-state index contributed by atoms with van der Waals surface area (Å²) in [6.45, 7) is 5.42. The normalized spacial score (nSPS) is 16.0. The lowest BCUT2D eigenvalue weighted by atomic mass is 9.95. The highest BCUT2D eigenvalue weighted by atomic mass is 16.5. The predicted molar refractivity (Wildman–Crippen MR) is 53.4 cm³/mol. The Kier molecular flexibility index (Phi) is 7.51. The molecule has 0 rings (SSSR count). The van der Waals surface area contributed by atoms with Gasteiger partial charge in [-0.3, -0.25) is 0 Å². The van der Waals surface area contributed by atoms with Crippen molar-refractivity contribution in [3.05, 3.63) is 0 Å². The minimum absolute atomic E-state index is 0.658. The van der Waals surface area contributed by atoms with Crippen LogP contribution >= 0.6 is 0 Å². The topological polar surface area (TPSA) is 21.3 Å². The van der Waals surface area contributed by atoms with Gasteiger partial charge in [-0.1, -0.05) is 20.3 Å². The molecule has 0 radical (unpaired) electrons. The van der Waals surface area contributed by atoms with E-state index in [2.05, 4.69) is 19.2 Å². The first-order chi connectivity index (χ1) is 5.76. The molecule has 1 N–H and O–H groups in total. The number of rotatable bonds is 7. The highest BCUT2D eigenvalue weighted by Gasteiger charge is 2.12. The molecule has 0 bridgehead atoms. The zero-order chi connectivity index (χ0) is 9.40. The summed E-state index contributed by atoms with van der Waals surface area (Å²) in [7, 11) is 3.81. The Morgan fingerprint density at radius 2 is 2.08 bits per heavy atom. The third-order valence-electron chi connectivity index (χ3n) is 2.57. The van der Waals surface area contributed by atoms with Gasteiger partial charge in [-0.25, -0.2) is 0 Å². The summed E-state index contributed by atoms with van der Waals surface area (Å²) in [5.41, 5.74) is 0. The number of ether oxygens (including phenoxy) is 1. The molecule has 2 unspecified atom stereocenters. The summed E-state index contributed by atoms with van der Waals surface area (Å²) in [5, 5.41) is 3.36. The van der Waals surface area contributed by atoms with Crippen molar-refractivity contribution in [1.82, 2.24) is 5.32 Å². The first-order valence-corrected chi connectivity index (χ1v) is 4.92.